The number of halogens is 2. The van der Waals surface area contributed by atoms with Gasteiger partial charge >= 0.3 is 0 Å². The molecule has 37 heavy (non-hydrogen) atoms. The van der Waals surface area contributed by atoms with E-state index in [2.05, 4.69) is 5.32 Å². The highest BCUT2D eigenvalue weighted by Gasteiger charge is 2.33. The number of nitrogens with one attached hydrogen (secondary N) is 1. The molecule has 0 saturated heterocycles. The molecule has 3 aromatic rings. The van der Waals surface area contributed by atoms with Crippen LogP contribution >= 0.6 is 23.2 Å². The molecule has 1 atom stereocenters. The Hall–Kier alpha value is -3.27. The van der Waals surface area contributed by atoms with Crippen molar-refractivity contribution in [1.29, 1.82) is 0 Å². The SMILES string of the molecule is CNC(=O)[C@@H](C)N(Cc1c(Cl)cccc1Cl)C(=O)CN(c1cccc(OC)c1)S(=O)(=O)c1ccccc1. The van der Waals surface area contributed by atoms with Gasteiger partial charge in [-0.25, -0.2) is 8.42 Å². The Morgan fingerprint density at radius 2 is 1.59 bits per heavy atom. The lowest BCUT2D eigenvalue weighted by atomic mass is 10.1. The Morgan fingerprint density at radius 1 is 0.973 bits per heavy atom. The van der Waals surface area contributed by atoms with Crippen molar-refractivity contribution in [1.82, 2.24) is 10.2 Å². The second-order valence-corrected chi connectivity index (χ2v) is 10.7. The molecule has 2 amide bonds. The van der Waals surface area contributed by atoms with Gasteiger partial charge in [-0.1, -0.05) is 53.5 Å². The maximum atomic E-state index is 13.8. The molecule has 0 fully saturated rings. The summed E-state index contributed by atoms with van der Waals surface area (Å²) in [4.78, 5) is 27.6. The van der Waals surface area contributed by atoms with Crippen LogP contribution in [0.1, 0.15) is 12.5 Å². The summed E-state index contributed by atoms with van der Waals surface area (Å²) in [6.07, 6.45) is 0. The van der Waals surface area contributed by atoms with E-state index >= 15 is 0 Å². The number of rotatable bonds is 10. The van der Waals surface area contributed by atoms with Gasteiger partial charge in [0.05, 0.1) is 17.7 Å². The molecule has 196 valence electrons. The fourth-order valence-electron chi connectivity index (χ4n) is 3.66. The van der Waals surface area contributed by atoms with Gasteiger partial charge in [0.1, 0.15) is 18.3 Å². The van der Waals surface area contributed by atoms with Crippen LogP contribution < -0.4 is 14.4 Å². The molecular weight excluding hydrogens is 537 g/mol. The predicted molar refractivity (Wildman–Crippen MR) is 145 cm³/mol. The van der Waals surface area contributed by atoms with Crippen LogP contribution in [-0.4, -0.2) is 51.9 Å². The predicted octanol–water partition coefficient (Wildman–Crippen LogP) is 4.36. The number of benzene rings is 3. The third-order valence-electron chi connectivity index (χ3n) is 5.76. The molecule has 1 N–H and O–H groups in total. The number of likely N-dealkylation sites (N-methyl/N-ethyl adjacent to an activating group) is 1. The molecule has 0 spiro atoms. The van der Waals surface area contributed by atoms with Crippen LogP contribution in [0.2, 0.25) is 10.0 Å². The van der Waals surface area contributed by atoms with Crippen LogP contribution in [0.15, 0.2) is 77.7 Å². The van der Waals surface area contributed by atoms with Gasteiger partial charge in [-0.2, -0.15) is 0 Å². The van der Waals surface area contributed by atoms with Gasteiger partial charge < -0.3 is 15.0 Å². The van der Waals surface area contributed by atoms with E-state index in [1.54, 1.807) is 61.5 Å². The molecule has 0 aliphatic carbocycles. The Morgan fingerprint density at radius 3 is 2.19 bits per heavy atom. The van der Waals surface area contributed by atoms with Crippen LogP contribution in [0.5, 0.6) is 5.75 Å². The van der Waals surface area contributed by atoms with Gasteiger partial charge in [-0.3, -0.25) is 13.9 Å². The number of sulfonamides is 1. The van der Waals surface area contributed by atoms with Crippen molar-refractivity contribution in [2.45, 2.75) is 24.4 Å². The lowest BCUT2D eigenvalue weighted by Gasteiger charge is -2.32. The van der Waals surface area contributed by atoms with Crippen molar-refractivity contribution >= 4 is 50.7 Å². The van der Waals surface area contributed by atoms with E-state index in [9.17, 15) is 18.0 Å². The molecular formula is C26H27Cl2N3O5S. The van der Waals surface area contributed by atoms with Crippen molar-refractivity contribution in [3.63, 3.8) is 0 Å². The summed E-state index contributed by atoms with van der Waals surface area (Å²) < 4.78 is 33.7. The van der Waals surface area contributed by atoms with E-state index in [1.807, 2.05) is 0 Å². The summed E-state index contributed by atoms with van der Waals surface area (Å²) in [5.41, 5.74) is 0.661. The third kappa shape index (κ3) is 6.54. The largest absolute Gasteiger partial charge is 0.497 e. The van der Waals surface area contributed by atoms with Crippen molar-refractivity contribution in [2.24, 2.45) is 0 Å². The fourth-order valence-corrected chi connectivity index (χ4v) is 5.60. The molecule has 0 heterocycles. The number of methoxy groups -OCH3 is 1. The van der Waals surface area contributed by atoms with E-state index in [1.165, 1.54) is 37.3 Å². The summed E-state index contributed by atoms with van der Waals surface area (Å²) in [5, 5.41) is 3.16. The standard InChI is InChI=1S/C26H27Cl2N3O5S/c1-18(26(33)29-2)30(16-22-23(27)13-8-14-24(22)28)25(32)17-31(19-9-7-10-20(15-19)36-3)37(34,35)21-11-5-4-6-12-21/h4-15,18H,16-17H2,1-3H3,(H,29,33)/t18-/m1/s1. The molecule has 0 saturated carbocycles. The molecule has 8 nitrogen and oxygen atoms in total. The minimum absolute atomic E-state index is 0.00525. The number of amides is 2. The minimum atomic E-state index is -4.17. The van der Waals surface area contributed by atoms with Crippen molar-refractivity contribution < 1.29 is 22.7 Å². The molecule has 11 heteroatoms. The smallest absolute Gasteiger partial charge is 0.264 e. The zero-order valence-electron chi connectivity index (χ0n) is 20.5. The first kappa shape index (κ1) is 28.3. The molecule has 0 bridgehead atoms. The molecule has 3 aromatic carbocycles. The monoisotopic (exact) mass is 563 g/mol. The fraction of sp³-hybridized carbons (Fsp3) is 0.231. The highest BCUT2D eigenvalue weighted by molar-refractivity contribution is 7.92. The highest BCUT2D eigenvalue weighted by Crippen LogP contribution is 2.29. The van der Waals surface area contributed by atoms with Crippen LogP contribution in [-0.2, 0) is 26.2 Å². The number of hydrogen-bond acceptors (Lipinski definition) is 5. The van der Waals surface area contributed by atoms with Crippen molar-refractivity contribution in [3.05, 3.63) is 88.4 Å². The van der Waals surface area contributed by atoms with E-state index in [4.69, 9.17) is 27.9 Å². The molecule has 0 radical (unpaired) electrons. The number of carbonyl (C=O) groups is 2. The quantitative estimate of drug-likeness (QED) is 0.395. The number of anilines is 1. The van der Waals surface area contributed by atoms with Crippen LogP contribution in [0.25, 0.3) is 0 Å². The van der Waals surface area contributed by atoms with E-state index < -0.39 is 34.4 Å². The normalized spacial score (nSPS) is 11.9. The first-order valence-corrected chi connectivity index (χ1v) is 13.5. The van der Waals surface area contributed by atoms with Crippen molar-refractivity contribution in [3.8, 4) is 5.75 Å². The molecule has 0 aliphatic heterocycles. The summed E-state index contributed by atoms with van der Waals surface area (Å²) in [6.45, 7) is 0.847. The minimum Gasteiger partial charge on any atom is -0.497 e. The van der Waals surface area contributed by atoms with Crippen LogP contribution in [0, 0.1) is 0 Å². The summed E-state index contributed by atoms with van der Waals surface area (Å²) >= 11 is 12.7. The molecule has 0 aliphatic rings. The van der Waals surface area contributed by atoms with Crippen LogP contribution in [0.4, 0.5) is 5.69 Å². The zero-order chi connectivity index (χ0) is 27.2. The maximum absolute atomic E-state index is 13.8. The van der Waals surface area contributed by atoms with Gasteiger partial charge in [-0.15, -0.1) is 0 Å². The lowest BCUT2D eigenvalue weighted by molar-refractivity contribution is -0.139. The number of hydrogen-bond donors (Lipinski definition) is 1. The second-order valence-electron chi connectivity index (χ2n) is 8.04. The van der Waals surface area contributed by atoms with E-state index in [0.717, 1.165) is 4.31 Å². The van der Waals surface area contributed by atoms with E-state index in [-0.39, 0.29) is 17.1 Å². The van der Waals surface area contributed by atoms with Gasteiger partial charge in [0, 0.05) is 35.3 Å². The number of ether oxygens (including phenoxy) is 1. The first-order valence-electron chi connectivity index (χ1n) is 11.3. The summed E-state index contributed by atoms with van der Waals surface area (Å²) in [6, 6.07) is 18.1. The lowest BCUT2D eigenvalue weighted by Crippen LogP contribution is -2.50. The van der Waals surface area contributed by atoms with Gasteiger partial charge in [0.2, 0.25) is 11.8 Å². The Kier molecular flexibility index (Phi) is 9.42. The van der Waals surface area contributed by atoms with Gasteiger partial charge in [0.15, 0.2) is 0 Å². The first-order chi connectivity index (χ1) is 17.6. The zero-order valence-corrected chi connectivity index (χ0v) is 22.8. The topological polar surface area (TPSA) is 96.0 Å². The number of carbonyl (C=O) groups excluding carboxylic acids is 2. The van der Waals surface area contributed by atoms with Crippen LogP contribution in [0.3, 0.4) is 0 Å². The average molecular weight is 564 g/mol. The Bertz CT molecular complexity index is 1350. The Balaban J connectivity index is 2.07. The maximum Gasteiger partial charge on any atom is 0.264 e. The highest BCUT2D eigenvalue weighted by atomic mass is 35.5. The molecule has 0 unspecified atom stereocenters. The van der Waals surface area contributed by atoms with E-state index in [0.29, 0.717) is 21.4 Å². The van der Waals surface area contributed by atoms with Crippen molar-refractivity contribution in [2.75, 3.05) is 25.0 Å². The molecule has 0 aromatic heterocycles. The Labute approximate surface area is 226 Å². The number of nitrogens with zero attached hydrogens (tertiary/aromatic N) is 2. The summed E-state index contributed by atoms with van der Waals surface area (Å²) in [5.74, 6) is -0.651. The summed E-state index contributed by atoms with van der Waals surface area (Å²) in [7, 11) is -1.26. The molecule has 3 rings (SSSR count). The average Bonchev–Trinajstić information content (AvgIpc) is 2.91. The third-order valence-corrected chi connectivity index (χ3v) is 8.25. The van der Waals surface area contributed by atoms with Gasteiger partial charge in [-0.05, 0) is 43.3 Å². The van der Waals surface area contributed by atoms with Gasteiger partial charge in [0.25, 0.3) is 10.0 Å². The second kappa shape index (κ2) is 12.3.